The molecule has 1 aromatic rings. The van der Waals surface area contributed by atoms with Gasteiger partial charge in [-0.25, -0.2) is 8.42 Å². The van der Waals surface area contributed by atoms with Gasteiger partial charge >= 0.3 is 0 Å². The molecule has 3 aliphatic rings. The summed E-state index contributed by atoms with van der Waals surface area (Å²) in [5.41, 5.74) is 1.12. The minimum atomic E-state index is -3.06. The van der Waals surface area contributed by atoms with Crippen LogP contribution in [0, 0.1) is 11.8 Å². The molecule has 2 saturated heterocycles. The predicted molar refractivity (Wildman–Crippen MR) is 111 cm³/mol. The van der Waals surface area contributed by atoms with Gasteiger partial charge in [0.2, 0.25) is 11.8 Å². The fraction of sp³-hybridized carbons (Fsp3) is 0.636. The van der Waals surface area contributed by atoms with Crippen LogP contribution < -0.4 is 5.32 Å². The normalized spacial score (nSPS) is 28.4. The Bertz CT molecular complexity index is 849. The molecule has 7 heteroatoms. The Labute approximate surface area is 173 Å². The Morgan fingerprint density at radius 1 is 1.07 bits per heavy atom. The van der Waals surface area contributed by atoms with E-state index in [-0.39, 0.29) is 41.8 Å². The van der Waals surface area contributed by atoms with Crippen LogP contribution in [-0.2, 0) is 19.4 Å². The fourth-order valence-corrected chi connectivity index (χ4v) is 6.88. The van der Waals surface area contributed by atoms with Crippen LogP contribution in [0.1, 0.15) is 56.6 Å². The number of amides is 2. The summed E-state index contributed by atoms with van der Waals surface area (Å²) < 4.78 is 23.6. The minimum Gasteiger partial charge on any atom is -0.349 e. The van der Waals surface area contributed by atoms with Crippen LogP contribution in [0.3, 0.4) is 0 Å². The summed E-state index contributed by atoms with van der Waals surface area (Å²) >= 11 is 0. The van der Waals surface area contributed by atoms with E-state index in [1.54, 1.807) is 4.90 Å². The van der Waals surface area contributed by atoms with Gasteiger partial charge < -0.3 is 10.2 Å². The maximum Gasteiger partial charge on any atom is 0.225 e. The van der Waals surface area contributed by atoms with Crippen LogP contribution in [0.2, 0.25) is 0 Å². The average molecular weight is 419 g/mol. The van der Waals surface area contributed by atoms with Crippen molar-refractivity contribution < 1.29 is 18.0 Å². The highest BCUT2D eigenvalue weighted by Gasteiger charge is 2.42. The van der Waals surface area contributed by atoms with Crippen molar-refractivity contribution in [2.75, 3.05) is 18.1 Å². The Kier molecular flexibility index (Phi) is 5.95. The van der Waals surface area contributed by atoms with Crippen molar-refractivity contribution in [2.24, 2.45) is 11.8 Å². The molecular weight excluding hydrogens is 388 g/mol. The van der Waals surface area contributed by atoms with E-state index in [4.69, 9.17) is 0 Å². The smallest absolute Gasteiger partial charge is 0.225 e. The largest absolute Gasteiger partial charge is 0.349 e. The van der Waals surface area contributed by atoms with Gasteiger partial charge in [0.05, 0.1) is 23.5 Å². The first-order valence-corrected chi connectivity index (χ1v) is 12.6. The molecule has 4 rings (SSSR count). The molecule has 1 N–H and O–H groups in total. The van der Waals surface area contributed by atoms with Gasteiger partial charge in [0.25, 0.3) is 0 Å². The lowest BCUT2D eigenvalue weighted by molar-refractivity contribution is -0.130. The van der Waals surface area contributed by atoms with E-state index < -0.39 is 15.8 Å². The number of hydrogen-bond donors (Lipinski definition) is 1. The zero-order valence-corrected chi connectivity index (χ0v) is 17.6. The van der Waals surface area contributed by atoms with Crippen molar-refractivity contribution in [1.29, 1.82) is 0 Å². The Morgan fingerprint density at radius 3 is 2.45 bits per heavy atom. The van der Waals surface area contributed by atoms with E-state index in [9.17, 15) is 18.0 Å². The van der Waals surface area contributed by atoms with Crippen molar-refractivity contribution in [3.8, 4) is 0 Å². The number of nitrogens with zero attached hydrogens (tertiary/aromatic N) is 1. The van der Waals surface area contributed by atoms with E-state index in [2.05, 4.69) is 17.4 Å². The summed E-state index contributed by atoms with van der Waals surface area (Å²) in [5, 5.41) is 3.26. The standard InChI is InChI=1S/C22H30N2O4S/c25-20-13-18(14-24(20)19-11-12-29(27,28)15-19)22(26)23-21(16-7-3-1-4-8-16)17-9-5-2-6-10-17/h1,3-4,7-8,17-19,21H,2,5-6,9-15H2,(H,23,26)/t18-,19-,21-/m1/s1. The average Bonchev–Trinajstić information content (AvgIpc) is 3.29. The number of likely N-dealkylation sites (tertiary alicyclic amines) is 1. The number of sulfone groups is 1. The van der Waals surface area contributed by atoms with E-state index in [1.165, 1.54) is 19.3 Å². The molecule has 2 aliphatic heterocycles. The van der Waals surface area contributed by atoms with Crippen LogP contribution in [0.25, 0.3) is 0 Å². The molecule has 1 aromatic carbocycles. The first-order chi connectivity index (χ1) is 13.9. The highest BCUT2D eigenvalue weighted by atomic mass is 32.2. The molecule has 0 radical (unpaired) electrons. The molecule has 3 fully saturated rings. The number of carbonyl (C=O) groups excluding carboxylic acids is 2. The summed E-state index contributed by atoms with van der Waals surface area (Å²) in [6.45, 7) is 0.330. The molecule has 3 atom stereocenters. The first kappa shape index (κ1) is 20.4. The summed E-state index contributed by atoms with van der Waals surface area (Å²) in [7, 11) is -3.06. The maximum absolute atomic E-state index is 13.1. The van der Waals surface area contributed by atoms with E-state index in [1.807, 2.05) is 18.2 Å². The van der Waals surface area contributed by atoms with E-state index in [0.29, 0.717) is 18.9 Å². The number of carbonyl (C=O) groups is 2. The van der Waals surface area contributed by atoms with Crippen molar-refractivity contribution >= 4 is 21.7 Å². The molecule has 1 saturated carbocycles. The fourth-order valence-electron chi connectivity index (χ4n) is 5.15. The molecule has 158 valence electrons. The van der Waals surface area contributed by atoms with Crippen LogP contribution in [-0.4, -0.2) is 49.2 Å². The lowest BCUT2D eigenvalue weighted by Gasteiger charge is -2.32. The molecular formula is C22H30N2O4S. The maximum atomic E-state index is 13.1. The second-order valence-electron chi connectivity index (χ2n) is 8.80. The molecule has 0 aromatic heterocycles. The SMILES string of the molecule is O=C(N[C@H](c1ccccc1)C1CCCCC1)[C@@H]1CC(=O)N([C@@H]2CCS(=O)(=O)C2)C1. The molecule has 0 bridgehead atoms. The van der Waals surface area contributed by atoms with Crippen LogP contribution in [0.15, 0.2) is 30.3 Å². The summed E-state index contributed by atoms with van der Waals surface area (Å²) in [4.78, 5) is 27.2. The van der Waals surface area contributed by atoms with Gasteiger partial charge in [-0.15, -0.1) is 0 Å². The topological polar surface area (TPSA) is 83.6 Å². The van der Waals surface area contributed by atoms with Gasteiger partial charge in [-0.2, -0.15) is 0 Å². The van der Waals surface area contributed by atoms with Gasteiger partial charge in [-0.1, -0.05) is 49.6 Å². The lowest BCUT2D eigenvalue weighted by Crippen LogP contribution is -2.41. The van der Waals surface area contributed by atoms with Crippen molar-refractivity contribution in [3.63, 3.8) is 0 Å². The highest BCUT2D eigenvalue weighted by Crippen LogP contribution is 2.35. The van der Waals surface area contributed by atoms with Gasteiger partial charge in [-0.3, -0.25) is 9.59 Å². The molecule has 29 heavy (non-hydrogen) atoms. The zero-order valence-electron chi connectivity index (χ0n) is 16.8. The monoisotopic (exact) mass is 418 g/mol. The number of nitrogens with one attached hydrogen (secondary N) is 1. The number of hydrogen-bond acceptors (Lipinski definition) is 4. The number of rotatable bonds is 5. The minimum absolute atomic E-state index is 0.0278. The molecule has 2 amide bonds. The van der Waals surface area contributed by atoms with Gasteiger partial charge in [-0.05, 0) is 30.7 Å². The summed E-state index contributed by atoms with van der Waals surface area (Å²) in [6.07, 6.45) is 6.50. The summed E-state index contributed by atoms with van der Waals surface area (Å²) in [5.74, 6) is 0.00362. The van der Waals surface area contributed by atoms with E-state index >= 15 is 0 Å². The molecule has 0 unspecified atom stereocenters. The third-order valence-corrected chi connectivity index (χ3v) is 8.51. The number of benzene rings is 1. The molecule has 0 spiro atoms. The molecule has 1 aliphatic carbocycles. The second kappa shape index (κ2) is 8.46. The van der Waals surface area contributed by atoms with Gasteiger partial charge in [0.1, 0.15) is 0 Å². The van der Waals surface area contributed by atoms with Crippen LogP contribution in [0.5, 0.6) is 0 Å². The van der Waals surface area contributed by atoms with Crippen LogP contribution >= 0.6 is 0 Å². The van der Waals surface area contributed by atoms with Crippen molar-refractivity contribution in [1.82, 2.24) is 10.2 Å². The van der Waals surface area contributed by atoms with E-state index in [0.717, 1.165) is 18.4 Å². The third kappa shape index (κ3) is 4.65. The van der Waals surface area contributed by atoms with Gasteiger partial charge in [0, 0.05) is 19.0 Å². The van der Waals surface area contributed by atoms with Crippen molar-refractivity contribution in [3.05, 3.63) is 35.9 Å². The van der Waals surface area contributed by atoms with Crippen molar-refractivity contribution in [2.45, 2.75) is 57.0 Å². The Hall–Kier alpha value is -1.89. The molecule has 2 heterocycles. The lowest BCUT2D eigenvalue weighted by atomic mass is 9.81. The first-order valence-electron chi connectivity index (χ1n) is 10.8. The highest BCUT2D eigenvalue weighted by molar-refractivity contribution is 7.91. The second-order valence-corrected chi connectivity index (χ2v) is 11.0. The Balaban J connectivity index is 1.44. The molecule has 6 nitrogen and oxygen atoms in total. The zero-order chi connectivity index (χ0) is 20.4. The predicted octanol–water partition coefficient (Wildman–Crippen LogP) is 2.46. The Morgan fingerprint density at radius 2 is 1.79 bits per heavy atom. The quantitative estimate of drug-likeness (QED) is 0.796. The summed E-state index contributed by atoms with van der Waals surface area (Å²) in [6, 6.07) is 9.81. The third-order valence-electron chi connectivity index (χ3n) is 6.76. The van der Waals surface area contributed by atoms with Crippen LogP contribution in [0.4, 0.5) is 0 Å². The van der Waals surface area contributed by atoms with Gasteiger partial charge in [0.15, 0.2) is 9.84 Å².